The van der Waals surface area contributed by atoms with E-state index >= 15 is 0 Å². The number of likely N-dealkylation sites (tertiary alicyclic amines) is 1. The Hall–Kier alpha value is -2.64. The Labute approximate surface area is 177 Å². The quantitative estimate of drug-likeness (QED) is 0.709. The normalized spacial score (nSPS) is 14.9. The predicted octanol–water partition coefficient (Wildman–Crippen LogP) is 2.64. The second-order valence-corrected chi connectivity index (χ2v) is 8.58. The van der Waals surface area contributed by atoms with Crippen molar-refractivity contribution >= 4 is 17.9 Å². The molecule has 0 spiro atoms. The van der Waals surface area contributed by atoms with E-state index < -0.39 is 11.7 Å². The number of alkyl carbamates (subject to hydrolysis) is 1. The molecule has 1 aliphatic rings. The number of nitrogens with one attached hydrogen (secondary N) is 2. The van der Waals surface area contributed by atoms with Crippen LogP contribution in [0.15, 0.2) is 24.3 Å². The number of piperidine rings is 1. The zero-order valence-electron chi connectivity index (χ0n) is 18.0. The Morgan fingerprint density at radius 2 is 1.80 bits per heavy atom. The standard InChI is InChI=1S/C22H32FN3O4/c1-22(2,3)30-21(29)24-11-8-19(27)25-15-16-9-12-26(13-10-16)20(28)14-17-6-4-5-7-18(17)23/h4-7,16H,8-15H2,1-3H3,(H,24,29)(H,25,27). The second-order valence-electron chi connectivity index (χ2n) is 8.58. The number of nitrogens with zero attached hydrogens (tertiary/aromatic N) is 1. The molecule has 0 bridgehead atoms. The fraction of sp³-hybridized carbons (Fsp3) is 0.591. The highest BCUT2D eigenvalue weighted by atomic mass is 19.1. The number of hydrogen-bond donors (Lipinski definition) is 2. The van der Waals surface area contributed by atoms with Gasteiger partial charge in [-0.05, 0) is 51.2 Å². The number of carbonyl (C=O) groups excluding carboxylic acids is 3. The van der Waals surface area contributed by atoms with Crippen LogP contribution in [0.25, 0.3) is 0 Å². The van der Waals surface area contributed by atoms with Gasteiger partial charge < -0.3 is 20.3 Å². The Morgan fingerprint density at radius 3 is 2.43 bits per heavy atom. The minimum absolute atomic E-state index is 0.0682. The average Bonchev–Trinajstić information content (AvgIpc) is 2.67. The van der Waals surface area contributed by atoms with E-state index in [1.807, 2.05) is 0 Å². The predicted molar refractivity (Wildman–Crippen MR) is 111 cm³/mol. The molecule has 30 heavy (non-hydrogen) atoms. The number of ether oxygens (including phenoxy) is 1. The van der Waals surface area contributed by atoms with Crippen LogP contribution in [0.5, 0.6) is 0 Å². The van der Waals surface area contributed by atoms with Crippen molar-refractivity contribution in [3.05, 3.63) is 35.6 Å². The van der Waals surface area contributed by atoms with Crippen LogP contribution < -0.4 is 10.6 Å². The molecule has 0 aromatic heterocycles. The molecule has 1 aromatic carbocycles. The Bertz CT molecular complexity index is 740. The minimum atomic E-state index is -0.572. The van der Waals surface area contributed by atoms with Crippen LogP contribution >= 0.6 is 0 Å². The van der Waals surface area contributed by atoms with E-state index in [2.05, 4.69) is 10.6 Å². The third-order valence-electron chi connectivity index (χ3n) is 4.87. The molecule has 2 rings (SSSR count). The molecular formula is C22H32FN3O4. The zero-order valence-corrected chi connectivity index (χ0v) is 18.0. The lowest BCUT2D eigenvalue weighted by atomic mass is 9.96. The Morgan fingerprint density at radius 1 is 1.13 bits per heavy atom. The van der Waals surface area contributed by atoms with E-state index in [0.717, 1.165) is 12.8 Å². The summed E-state index contributed by atoms with van der Waals surface area (Å²) in [7, 11) is 0. The van der Waals surface area contributed by atoms with Gasteiger partial charge in [-0.15, -0.1) is 0 Å². The number of benzene rings is 1. The lowest BCUT2D eigenvalue weighted by Gasteiger charge is -2.32. The first kappa shape index (κ1) is 23.6. The van der Waals surface area contributed by atoms with Gasteiger partial charge in [-0.2, -0.15) is 0 Å². The largest absolute Gasteiger partial charge is 0.444 e. The van der Waals surface area contributed by atoms with Gasteiger partial charge in [0.05, 0.1) is 6.42 Å². The summed E-state index contributed by atoms with van der Waals surface area (Å²) in [4.78, 5) is 37.7. The summed E-state index contributed by atoms with van der Waals surface area (Å²) in [6, 6.07) is 6.33. The molecular weight excluding hydrogens is 389 g/mol. The molecule has 7 nitrogen and oxygen atoms in total. The van der Waals surface area contributed by atoms with Gasteiger partial charge in [-0.1, -0.05) is 18.2 Å². The number of amides is 3. The van der Waals surface area contributed by atoms with Gasteiger partial charge in [-0.25, -0.2) is 9.18 Å². The lowest BCUT2D eigenvalue weighted by Crippen LogP contribution is -2.42. The van der Waals surface area contributed by atoms with Crippen molar-refractivity contribution in [1.29, 1.82) is 0 Å². The SMILES string of the molecule is CC(C)(C)OC(=O)NCCC(=O)NCC1CCN(C(=O)Cc2ccccc2F)CC1. The highest BCUT2D eigenvalue weighted by Gasteiger charge is 2.23. The molecule has 0 saturated carbocycles. The number of halogens is 1. The van der Waals surface area contributed by atoms with E-state index in [9.17, 15) is 18.8 Å². The van der Waals surface area contributed by atoms with Crippen LogP contribution in [0.4, 0.5) is 9.18 Å². The average molecular weight is 422 g/mol. The molecule has 0 atom stereocenters. The summed E-state index contributed by atoms with van der Waals surface area (Å²) < 4.78 is 18.8. The van der Waals surface area contributed by atoms with Crippen molar-refractivity contribution in [3.63, 3.8) is 0 Å². The van der Waals surface area contributed by atoms with Crippen molar-refractivity contribution in [2.45, 2.75) is 52.1 Å². The lowest BCUT2D eigenvalue weighted by molar-refractivity contribution is -0.132. The summed E-state index contributed by atoms with van der Waals surface area (Å²) in [5, 5.41) is 5.44. The third-order valence-corrected chi connectivity index (χ3v) is 4.87. The number of carbonyl (C=O) groups is 3. The van der Waals surface area contributed by atoms with Gasteiger partial charge in [0.25, 0.3) is 0 Å². The first-order valence-corrected chi connectivity index (χ1v) is 10.4. The second kappa shape index (κ2) is 10.9. The molecule has 0 aliphatic carbocycles. The minimum Gasteiger partial charge on any atom is -0.444 e. The van der Waals surface area contributed by atoms with Gasteiger partial charge in [0.2, 0.25) is 11.8 Å². The molecule has 1 aromatic rings. The monoisotopic (exact) mass is 421 g/mol. The summed E-state index contributed by atoms with van der Waals surface area (Å²) in [5.74, 6) is -0.269. The number of hydrogen-bond acceptors (Lipinski definition) is 4. The smallest absolute Gasteiger partial charge is 0.407 e. The molecule has 8 heteroatoms. The van der Waals surface area contributed by atoms with Crippen molar-refractivity contribution in [2.24, 2.45) is 5.92 Å². The first-order valence-electron chi connectivity index (χ1n) is 10.4. The van der Waals surface area contributed by atoms with E-state index in [4.69, 9.17) is 4.74 Å². The van der Waals surface area contributed by atoms with E-state index in [1.54, 1.807) is 43.9 Å². The van der Waals surface area contributed by atoms with Gasteiger partial charge in [0.1, 0.15) is 11.4 Å². The van der Waals surface area contributed by atoms with Crippen molar-refractivity contribution in [1.82, 2.24) is 15.5 Å². The topological polar surface area (TPSA) is 87.7 Å². The zero-order chi connectivity index (χ0) is 22.1. The molecule has 0 radical (unpaired) electrons. The molecule has 0 unspecified atom stereocenters. The van der Waals surface area contributed by atoms with E-state index in [-0.39, 0.29) is 37.0 Å². The highest BCUT2D eigenvalue weighted by molar-refractivity contribution is 5.79. The van der Waals surface area contributed by atoms with Crippen LogP contribution in [-0.2, 0) is 20.7 Å². The van der Waals surface area contributed by atoms with Crippen LogP contribution in [0, 0.1) is 11.7 Å². The van der Waals surface area contributed by atoms with Crippen molar-refractivity contribution < 1.29 is 23.5 Å². The summed E-state index contributed by atoms with van der Waals surface area (Å²) >= 11 is 0. The van der Waals surface area contributed by atoms with Crippen molar-refractivity contribution in [2.75, 3.05) is 26.2 Å². The van der Waals surface area contributed by atoms with Crippen molar-refractivity contribution in [3.8, 4) is 0 Å². The maximum absolute atomic E-state index is 13.7. The summed E-state index contributed by atoms with van der Waals surface area (Å²) in [5.41, 5.74) is -0.158. The fourth-order valence-corrected chi connectivity index (χ4v) is 3.24. The molecule has 1 aliphatic heterocycles. The van der Waals surface area contributed by atoms with Gasteiger partial charge in [-0.3, -0.25) is 9.59 Å². The molecule has 1 heterocycles. The summed E-state index contributed by atoms with van der Waals surface area (Å²) in [6.45, 7) is 7.29. The maximum Gasteiger partial charge on any atom is 0.407 e. The van der Waals surface area contributed by atoms with Gasteiger partial charge >= 0.3 is 6.09 Å². The van der Waals surface area contributed by atoms with E-state index in [0.29, 0.717) is 31.1 Å². The highest BCUT2D eigenvalue weighted by Crippen LogP contribution is 2.18. The molecule has 3 amide bonds. The molecule has 1 fully saturated rings. The third kappa shape index (κ3) is 8.39. The van der Waals surface area contributed by atoms with E-state index in [1.165, 1.54) is 6.07 Å². The first-order chi connectivity index (χ1) is 14.1. The van der Waals surface area contributed by atoms with Gasteiger partial charge in [0, 0.05) is 32.6 Å². The molecule has 166 valence electrons. The molecule has 1 saturated heterocycles. The Kier molecular flexibility index (Phi) is 8.62. The van der Waals surface area contributed by atoms with Crippen LogP contribution in [0.1, 0.15) is 45.6 Å². The molecule has 2 N–H and O–H groups in total. The summed E-state index contributed by atoms with van der Waals surface area (Å²) in [6.07, 6.45) is 1.29. The number of rotatable bonds is 7. The Balaban J connectivity index is 1.61. The van der Waals surface area contributed by atoms with Gasteiger partial charge in [0.15, 0.2) is 0 Å². The maximum atomic E-state index is 13.7. The van der Waals surface area contributed by atoms with Crippen LogP contribution in [0.3, 0.4) is 0 Å². The van der Waals surface area contributed by atoms with Crippen LogP contribution in [0.2, 0.25) is 0 Å². The fourth-order valence-electron chi connectivity index (χ4n) is 3.24. The van der Waals surface area contributed by atoms with Crippen LogP contribution in [-0.4, -0.2) is 54.6 Å².